The van der Waals surface area contributed by atoms with Crippen LogP contribution in [0.2, 0.25) is 0 Å². The smallest absolute Gasteiger partial charge is 0.0443 e. The Hall–Kier alpha value is -0.300. The van der Waals surface area contributed by atoms with Crippen LogP contribution in [0.15, 0.2) is 18.2 Å². The van der Waals surface area contributed by atoms with E-state index in [-0.39, 0.29) is 5.41 Å². The predicted molar refractivity (Wildman–Crippen MR) is 92.9 cm³/mol. The second-order valence-electron chi connectivity index (χ2n) is 8.80. The zero-order chi connectivity index (χ0) is 15.3. The molecule has 1 aromatic carbocycles. The number of halogens is 1. The second-order valence-corrected chi connectivity index (χ2v) is 9.72. The molecule has 0 aliphatic heterocycles. The van der Waals surface area contributed by atoms with Crippen LogP contribution in [0.1, 0.15) is 82.8 Å². The minimum absolute atomic E-state index is 0.239. The molecule has 0 spiro atoms. The van der Waals surface area contributed by atoms with Gasteiger partial charge in [-0.15, -0.1) is 0 Å². The van der Waals surface area contributed by atoms with E-state index >= 15 is 0 Å². The monoisotopic (exact) mass is 336 g/mol. The second kappa shape index (κ2) is 4.87. The summed E-state index contributed by atoms with van der Waals surface area (Å²) in [7, 11) is 0. The van der Waals surface area contributed by atoms with Crippen molar-refractivity contribution in [3.8, 4) is 0 Å². The SMILES string of the molecule is CC1(C)CCC(C)(C)c2cc(C(Br)C(C)(C)C)ccc21. The van der Waals surface area contributed by atoms with E-state index in [1.54, 1.807) is 11.1 Å². The van der Waals surface area contributed by atoms with E-state index in [4.69, 9.17) is 0 Å². The first-order valence-electron chi connectivity index (χ1n) is 7.74. The molecule has 0 amide bonds. The van der Waals surface area contributed by atoms with Crippen LogP contribution in [0.25, 0.3) is 0 Å². The van der Waals surface area contributed by atoms with Gasteiger partial charge < -0.3 is 0 Å². The predicted octanol–water partition coefficient (Wildman–Crippen LogP) is 6.52. The van der Waals surface area contributed by atoms with E-state index in [2.05, 4.69) is 82.6 Å². The number of hydrogen-bond donors (Lipinski definition) is 0. The minimum Gasteiger partial charge on any atom is -0.0833 e. The molecule has 1 atom stereocenters. The molecule has 1 unspecified atom stereocenters. The van der Waals surface area contributed by atoms with Gasteiger partial charge in [0.25, 0.3) is 0 Å². The summed E-state index contributed by atoms with van der Waals surface area (Å²) in [6.45, 7) is 16.4. The topological polar surface area (TPSA) is 0 Å². The Labute approximate surface area is 133 Å². The van der Waals surface area contributed by atoms with Gasteiger partial charge >= 0.3 is 0 Å². The molecule has 0 saturated heterocycles. The summed E-state index contributed by atoms with van der Waals surface area (Å²) >= 11 is 3.90. The third-order valence-corrected chi connectivity index (χ3v) is 6.83. The first kappa shape index (κ1) is 16.1. The lowest BCUT2D eigenvalue weighted by Gasteiger charge is -2.42. The summed E-state index contributed by atoms with van der Waals surface area (Å²) in [4.78, 5) is 0.404. The highest BCUT2D eigenvalue weighted by atomic mass is 79.9. The van der Waals surface area contributed by atoms with E-state index in [0.717, 1.165) is 0 Å². The summed E-state index contributed by atoms with van der Waals surface area (Å²) in [5.74, 6) is 0. The Morgan fingerprint density at radius 2 is 1.45 bits per heavy atom. The van der Waals surface area contributed by atoms with Gasteiger partial charge in [-0.2, -0.15) is 0 Å². The van der Waals surface area contributed by atoms with Crippen molar-refractivity contribution in [2.75, 3.05) is 0 Å². The van der Waals surface area contributed by atoms with Crippen LogP contribution in [-0.2, 0) is 10.8 Å². The maximum Gasteiger partial charge on any atom is 0.0443 e. The van der Waals surface area contributed by atoms with Crippen LogP contribution >= 0.6 is 15.9 Å². The Morgan fingerprint density at radius 1 is 0.950 bits per heavy atom. The van der Waals surface area contributed by atoms with Gasteiger partial charge in [0, 0.05) is 4.83 Å². The van der Waals surface area contributed by atoms with Gasteiger partial charge in [0.1, 0.15) is 0 Å². The Kier molecular flexibility index (Phi) is 3.91. The van der Waals surface area contributed by atoms with Crippen molar-refractivity contribution in [1.82, 2.24) is 0 Å². The quantitative estimate of drug-likeness (QED) is 0.512. The van der Waals surface area contributed by atoms with E-state index < -0.39 is 0 Å². The third kappa shape index (κ3) is 2.84. The molecule has 1 heteroatoms. The molecule has 1 aliphatic rings. The van der Waals surface area contributed by atoms with Gasteiger partial charge in [-0.3, -0.25) is 0 Å². The fourth-order valence-electron chi connectivity index (χ4n) is 3.26. The van der Waals surface area contributed by atoms with Crippen molar-refractivity contribution in [3.05, 3.63) is 34.9 Å². The van der Waals surface area contributed by atoms with Crippen LogP contribution in [0.3, 0.4) is 0 Å². The average Bonchev–Trinajstić information content (AvgIpc) is 2.33. The molecule has 0 fully saturated rings. The lowest BCUT2D eigenvalue weighted by atomic mass is 9.63. The molecule has 20 heavy (non-hydrogen) atoms. The van der Waals surface area contributed by atoms with E-state index in [9.17, 15) is 0 Å². The van der Waals surface area contributed by atoms with Crippen molar-refractivity contribution in [2.45, 2.75) is 77.0 Å². The molecule has 0 radical (unpaired) electrons. The fourth-order valence-corrected chi connectivity index (χ4v) is 3.55. The molecule has 0 heterocycles. The van der Waals surface area contributed by atoms with Gasteiger partial charge in [-0.05, 0) is 45.8 Å². The molecule has 0 aromatic heterocycles. The van der Waals surface area contributed by atoms with Gasteiger partial charge in [0.15, 0.2) is 0 Å². The van der Waals surface area contributed by atoms with Crippen molar-refractivity contribution < 1.29 is 0 Å². The van der Waals surface area contributed by atoms with Crippen LogP contribution < -0.4 is 0 Å². The van der Waals surface area contributed by atoms with Crippen molar-refractivity contribution in [2.24, 2.45) is 5.41 Å². The average molecular weight is 337 g/mol. The Bertz CT molecular complexity index is 503. The normalized spacial score (nSPS) is 22.2. The summed E-state index contributed by atoms with van der Waals surface area (Å²) < 4.78 is 0. The zero-order valence-corrected chi connectivity index (χ0v) is 15.7. The summed E-state index contributed by atoms with van der Waals surface area (Å²) in [6, 6.07) is 7.17. The molecular formula is C19H29Br. The molecule has 0 N–H and O–H groups in total. The number of rotatable bonds is 1. The molecule has 112 valence electrons. The molecule has 1 aromatic rings. The highest BCUT2D eigenvalue weighted by molar-refractivity contribution is 9.09. The number of hydrogen-bond acceptors (Lipinski definition) is 0. The standard InChI is InChI=1S/C19H29Br/c1-17(2,3)16(20)13-8-9-14-15(12-13)19(6,7)11-10-18(14,4)5/h8-9,12,16H,10-11H2,1-7H3. The first-order valence-corrected chi connectivity index (χ1v) is 8.66. The number of benzene rings is 1. The maximum absolute atomic E-state index is 3.90. The summed E-state index contributed by atoms with van der Waals surface area (Å²) in [5, 5.41) is 0. The zero-order valence-electron chi connectivity index (χ0n) is 14.1. The third-order valence-electron chi connectivity index (χ3n) is 4.93. The lowest BCUT2D eigenvalue weighted by molar-refractivity contribution is 0.330. The van der Waals surface area contributed by atoms with Crippen molar-refractivity contribution in [3.63, 3.8) is 0 Å². The molecule has 0 bridgehead atoms. The van der Waals surface area contributed by atoms with Crippen LogP contribution in [0.4, 0.5) is 0 Å². The van der Waals surface area contributed by atoms with E-state index in [1.807, 2.05) is 0 Å². The van der Waals surface area contributed by atoms with Crippen molar-refractivity contribution >= 4 is 15.9 Å². The van der Waals surface area contributed by atoms with Gasteiger partial charge in [0.05, 0.1) is 0 Å². The molecule has 0 saturated carbocycles. The maximum atomic E-state index is 3.90. The van der Waals surface area contributed by atoms with Crippen LogP contribution in [-0.4, -0.2) is 0 Å². The first-order chi connectivity index (χ1) is 8.95. The number of fused-ring (bicyclic) bond motifs is 1. The highest BCUT2D eigenvalue weighted by Crippen LogP contribution is 2.48. The Morgan fingerprint density at radius 3 is 1.95 bits per heavy atom. The minimum atomic E-state index is 0.239. The largest absolute Gasteiger partial charge is 0.0833 e. The molecular weight excluding hydrogens is 308 g/mol. The van der Waals surface area contributed by atoms with Crippen LogP contribution in [0.5, 0.6) is 0 Å². The highest BCUT2D eigenvalue weighted by Gasteiger charge is 2.37. The molecule has 1 aliphatic carbocycles. The molecule has 2 rings (SSSR count). The van der Waals surface area contributed by atoms with Gasteiger partial charge in [-0.25, -0.2) is 0 Å². The van der Waals surface area contributed by atoms with Gasteiger partial charge in [0.2, 0.25) is 0 Å². The van der Waals surface area contributed by atoms with Crippen LogP contribution in [0, 0.1) is 5.41 Å². The summed E-state index contributed by atoms with van der Waals surface area (Å²) in [6.07, 6.45) is 2.56. The molecule has 0 nitrogen and oxygen atoms in total. The number of alkyl halides is 1. The van der Waals surface area contributed by atoms with E-state index in [0.29, 0.717) is 15.7 Å². The summed E-state index contributed by atoms with van der Waals surface area (Å²) in [5.41, 5.74) is 5.37. The Balaban J connectivity index is 2.54. The lowest BCUT2D eigenvalue weighted by Crippen LogP contribution is -2.34. The van der Waals surface area contributed by atoms with Gasteiger partial charge in [-0.1, -0.05) is 82.6 Å². The fraction of sp³-hybridized carbons (Fsp3) is 0.684. The van der Waals surface area contributed by atoms with Crippen molar-refractivity contribution in [1.29, 1.82) is 0 Å². The van der Waals surface area contributed by atoms with E-state index in [1.165, 1.54) is 18.4 Å².